The zero-order valence-electron chi connectivity index (χ0n) is 15.9. The summed E-state index contributed by atoms with van der Waals surface area (Å²) in [6.07, 6.45) is 0.660. The molecule has 2 N–H and O–H groups in total. The molecule has 0 aliphatic carbocycles. The molecule has 0 bridgehead atoms. The molecule has 154 valence electrons. The molecule has 0 saturated carbocycles. The van der Waals surface area contributed by atoms with E-state index in [-0.39, 0.29) is 47.1 Å². The molecule has 4 aromatic rings. The highest BCUT2D eigenvalue weighted by Gasteiger charge is 2.31. The summed E-state index contributed by atoms with van der Waals surface area (Å²) in [4.78, 5) is 21.3. The Bertz CT molecular complexity index is 1280. The van der Waals surface area contributed by atoms with Crippen LogP contribution in [0, 0.1) is 0 Å². The van der Waals surface area contributed by atoms with E-state index < -0.39 is 0 Å². The molecule has 1 aliphatic rings. The molecular weight excluding hydrogens is 412 g/mol. The lowest BCUT2D eigenvalue weighted by molar-refractivity contribution is 0.110. The predicted octanol–water partition coefficient (Wildman–Crippen LogP) is 1.44. The summed E-state index contributed by atoms with van der Waals surface area (Å²) in [6, 6.07) is 7.57. The number of benzene rings is 1. The van der Waals surface area contributed by atoms with Crippen molar-refractivity contribution in [2.45, 2.75) is 25.0 Å². The third kappa shape index (κ3) is 3.21. The van der Waals surface area contributed by atoms with Gasteiger partial charge in [0, 0.05) is 18.0 Å². The number of anilines is 1. The van der Waals surface area contributed by atoms with Gasteiger partial charge in [-0.1, -0.05) is 34.1 Å². The fraction of sp³-hybridized carbons (Fsp3) is 0.333. The molecule has 1 aliphatic heterocycles. The van der Waals surface area contributed by atoms with Crippen LogP contribution in [0.4, 0.5) is 5.95 Å². The van der Waals surface area contributed by atoms with Crippen LogP contribution in [0.2, 0.25) is 5.02 Å². The van der Waals surface area contributed by atoms with E-state index in [2.05, 4.69) is 25.4 Å². The lowest BCUT2D eigenvalue weighted by Crippen LogP contribution is -2.26. The van der Waals surface area contributed by atoms with E-state index in [0.717, 1.165) is 12.0 Å². The van der Waals surface area contributed by atoms with Gasteiger partial charge in [-0.3, -0.25) is 9.36 Å². The van der Waals surface area contributed by atoms with Crippen LogP contribution >= 0.6 is 11.6 Å². The van der Waals surface area contributed by atoms with Crippen LogP contribution in [-0.2, 0) is 18.3 Å². The van der Waals surface area contributed by atoms with Crippen LogP contribution in [0.25, 0.3) is 11.2 Å². The predicted molar refractivity (Wildman–Crippen MR) is 106 cm³/mol. The van der Waals surface area contributed by atoms with Gasteiger partial charge in [-0.05, 0) is 24.1 Å². The number of aryl methyl sites for hydroxylation is 1. The van der Waals surface area contributed by atoms with Crippen molar-refractivity contribution in [2.24, 2.45) is 7.05 Å². The number of fused-ring (bicyclic) bond motifs is 1. The van der Waals surface area contributed by atoms with Crippen LogP contribution in [0.15, 0.2) is 33.6 Å². The minimum Gasteiger partial charge on any atom is -0.373 e. The number of halogens is 1. The normalized spacial score (nSPS) is 19.0. The smallest absolute Gasteiger partial charge is 0.283 e. The monoisotopic (exact) mass is 428 g/mol. The summed E-state index contributed by atoms with van der Waals surface area (Å²) >= 11 is 5.95. The Morgan fingerprint density at radius 2 is 2.07 bits per heavy atom. The number of nitrogens with two attached hydrogens (primary N) is 1. The Hall–Kier alpha value is -3.31. The van der Waals surface area contributed by atoms with Crippen molar-refractivity contribution in [1.82, 2.24) is 34.7 Å². The van der Waals surface area contributed by atoms with Gasteiger partial charge in [-0.15, -0.1) is 5.10 Å². The molecule has 5 rings (SSSR count). The highest BCUT2D eigenvalue weighted by Crippen LogP contribution is 2.37. The van der Waals surface area contributed by atoms with Gasteiger partial charge in [0.25, 0.3) is 5.56 Å². The molecule has 4 heterocycles. The van der Waals surface area contributed by atoms with Crippen molar-refractivity contribution >= 4 is 28.7 Å². The van der Waals surface area contributed by atoms with E-state index in [1.165, 1.54) is 9.25 Å². The molecule has 0 unspecified atom stereocenters. The maximum absolute atomic E-state index is 12.7. The van der Waals surface area contributed by atoms with Crippen molar-refractivity contribution < 1.29 is 9.26 Å². The molecule has 0 spiro atoms. The van der Waals surface area contributed by atoms with Crippen LogP contribution in [0.1, 0.15) is 35.7 Å². The van der Waals surface area contributed by atoms with Crippen molar-refractivity contribution in [3.05, 3.63) is 56.9 Å². The van der Waals surface area contributed by atoms with Gasteiger partial charge in [-0.25, -0.2) is 4.68 Å². The second-order valence-corrected chi connectivity index (χ2v) is 7.54. The molecule has 11 nitrogen and oxygen atoms in total. The van der Waals surface area contributed by atoms with Crippen LogP contribution in [-0.4, -0.2) is 41.3 Å². The fourth-order valence-corrected chi connectivity index (χ4v) is 3.68. The highest BCUT2D eigenvalue weighted by molar-refractivity contribution is 6.30. The van der Waals surface area contributed by atoms with Gasteiger partial charge in [-0.2, -0.15) is 9.97 Å². The van der Waals surface area contributed by atoms with Crippen molar-refractivity contribution in [3.8, 4) is 0 Å². The van der Waals surface area contributed by atoms with Gasteiger partial charge in [0.15, 0.2) is 11.3 Å². The minimum atomic E-state index is -0.378. The second-order valence-electron chi connectivity index (χ2n) is 7.10. The Morgan fingerprint density at radius 3 is 2.87 bits per heavy atom. The zero-order chi connectivity index (χ0) is 20.8. The van der Waals surface area contributed by atoms with E-state index in [9.17, 15) is 4.79 Å². The number of nitrogens with zero attached hydrogens (tertiary/aromatic N) is 7. The van der Waals surface area contributed by atoms with E-state index in [4.69, 9.17) is 26.6 Å². The Kier molecular flexibility index (Phi) is 4.48. The van der Waals surface area contributed by atoms with Gasteiger partial charge >= 0.3 is 0 Å². The average Bonchev–Trinajstić information content (AvgIpc) is 3.46. The molecule has 1 fully saturated rings. The van der Waals surface area contributed by atoms with Gasteiger partial charge in [0.2, 0.25) is 17.5 Å². The molecule has 1 saturated heterocycles. The Morgan fingerprint density at radius 1 is 1.27 bits per heavy atom. The number of hydrogen-bond acceptors (Lipinski definition) is 9. The SMILES string of the molecule is Cn1nnc2nc(N)n(Cc3nc([C@@H]4CO[C@@H](c5ccc(Cl)cc5)C4)no3)c(=O)c21. The van der Waals surface area contributed by atoms with E-state index in [1.54, 1.807) is 7.05 Å². The van der Waals surface area contributed by atoms with Gasteiger partial charge in [0.1, 0.15) is 6.54 Å². The number of nitrogen functional groups attached to an aromatic ring is 1. The maximum Gasteiger partial charge on any atom is 0.283 e. The van der Waals surface area contributed by atoms with E-state index in [0.29, 0.717) is 17.5 Å². The van der Waals surface area contributed by atoms with E-state index in [1.807, 2.05) is 24.3 Å². The first-order valence-corrected chi connectivity index (χ1v) is 9.62. The quantitative estimate of drug-likeness (QED) is 0.511. The molecular formula is C18H17ClN8O3. The number of hydrogen-bond donors (Lipinski definition) is 1. The minimum absolute atomic E-state index is 0.0000231. The van der Waals surface area contributed by atoms with Gasteiger partial charge in [0.05, 0.1) is 12.7 Å². The molecule has 12 heteroatoms. The summed E-state index contributed by atoms with van der Waals surface area (Å²) in [5, 5.41) is 12.4. The van der Waals surface area contributed by atoms with Gasteiger partial charge < -0.3 is 15.0 Å². The summed E-state index contributed by atoms with van der Waals surface area (Å²) in [6.45, 7) is 0.475. The third-order valence-corrected chi connectivity index (χ3v) is 5.39. The summed E-state index contributed by atoms with van der Waals surface area (Å²) in [5.74, 6) is 0.771. The number of aromatic nitrogens is 7. The molecule has 30 heavy (non-hydrogen) atoms. The van der Waals surface area contributed by atoms with Crippen molar-refractivity contribution in [1.29, 1.82) is 0 Å². The summed E-state index contributed by atoms with van der Waals surface area (Å²) < 4.78 is 13.9. The standard InChI is InChI=1S/C18H17ClN8O3/c1-26-14-16(23-25-26)22-18(20)27(17(14)28)7-13-21-15(24-30-13)10-6-12(29-8-10)9-2-4-11(19)5-3-9/h2-5,10,12H,6-8H2,1H3,(H2,20,22)/t10-,12+/m0/s1. The largest absolute Gasteiger partial charge is 0.373 e. The van der Waals surface area contributed by atoms with Crippen molar-refractivity contribution in [2.75, 3.05) is 12.3 Å². The van der Waals surface area contributed by atoms with E-state index >= 15 is 0 Å². The molecule has 0 radical (unpaired) electrons. The average molecular weight is 429 g/mol. The number of rotatable bonds is 4. The Labute approximate surface area is 174 Å². The third-order valence-electron chi connectivity index (χ3n) is 5.14. The molecule has 1 aromatic carbocycles. The topological polar surface area (TPSA) is 140 Å². The lowest BCUT2D eigenvalue weighted by atomic mass is 10.0. The fourth-order valence-electron chi connectivity index (χ4n) is 3.56. The summed E-state index contributed by atoms with van der Waals surface area (Å²) in [7, 11) is 1.61. The van der Waals surface area contributed by atoms with Crippen LogP contribution < -0.4 is 11.3 Å². The van der Waals surface area contributed by atoms with Crippen molar-refractivity contribution in [3.63, 3.8) is 0 Å². The highest BCUT2D eigenvalue weighted by atomic mass is 35.5. The van der Waals surface area contributed by atoms with Crippen LogP contribution in [0.3, 0.4) is 0 Å². The first-order valence-electron chi connectivity index (χ1n) is 9.25. The summed E-state index contributed by atoms with van der Waals surface area (Å²) in [5.41, 5.74) is 7.04. The molecule has 2 atom stereocenters. The first-order chi connectivity index (χ1) is 14.5. The lowest BCUT2D eigenvalue weighted by Gasteiger charge is -2.09. The second kappa shape index (κ2) is 7.18. The molecule has 0 amide bonds. The number of ether oxygens (including phenoxy) is 1. The molecule has 3 aromatic heterocycles. The first kappa shape index (κ1) is 18.7. The maximum atomic E-state index is 12.7. The zero-order valence-corrected chi connectivity index (χ0v) is 16.7. The Balaban J connectivity index is 1.35. The van der Waals surface area contributed by atoms with Crippen LogP contribution in [0.5, 0.6) is 0 Å².